The van der Waals surface area contributed by atoms with E-state index in [0.717, 1.165) is 30.5 Å². The minimum atomic E-state index is -0.635. The van der Waals surface area contributed by atoms with E-state index in [4.69, 9.17) is 10.5 Å². The zero-order chi connectivity index (χ0) is 18.3. The molecule has 6 nitrogen and oxygen atoms in total. The van der Waals surface area contributed by atoms with E-state index in [0.29, 0.717) is 10.4 Å². The molecule has 0 atom stereocenters. The second-order valence-corrected chi connectivity index (χ2v) is 8.94. The lowest BCUT2D eigenvalue weighted by Crippen LogP contribution is -2.63. The molecule has 3 N–H and O–H groups in total. The van der Waals surface area contributed by atoms with Crippen LogP contribution in [0, 0.1) is 11.2 Å². The van der Waals surface area contributed by atoms with Gasteiger partial charge < -0.3 is 15.8 Å². The number of ether oxygens (including phenoxy) is 1. The van der Waals surface area contributed by atoms with Crippen LogP contribution in [-0.4, -0.2) is 42.4 Å². The number of nitrogens with zero attached hydrogens (tertiary/aromatic N) is 1. The molecule has 0 bridgehead atoms. The topological polar surface area (TPSA) is 84.7 Å². The second kappa shape index (κ2) is 6.66. The lowest BCUT2D eigenvalue weighted by Gasteiger charge is -2.54. The van der Waals surface area contributed by atoms with Gasteiger partial charge >= 0.3 is 0 Å². The molecule has 0 aliphatic carbocycles. The number of amides is 2. The lowest BCUT2D eigenvalue weighted by atomic mass is 9.80. The molecular weight excluding hydrogens is 377 g/mol. The van der Waals surface area contributed by atoms with Crippen molar-refractivity contribution >= 4 is 40.1 Å². The van der Waals surface area contributed by atoms with Crippen LogP contribution in [0.3, 0.4) is 0 Å². The minimum Gasteiger partial charge on any atom is -0.380 e. The van der Waals surface area contributed by atoms with Gasteiger partial charge in [-0.1, -0.05) is 12.1 Å². The second-order valence-electron chi connectivity index (χ2n) is 6.49. The van der Waals surface area contributed by atoms with E-state index in [2.05, 4.69) is 9.62 Å². The van der Waals surface area contributed by atoms with E-state index in [1.807, 2.05) is 0 Å². The molecule has 1 aromatic carbocycles. The van der Waals surface area contributed by atoms with Gasteiger partial charge in [-0.3, -0.25) is 9.59 Å². The maximum Gasteiger partial charge on any atom is 0.259 e. The Morgan fingerprint density at radius 1 is 1.27 bits per heavy atom. The van der Waals surface area contributed by atoms with Gasteiger partial charge in [0.1, 0.15) is 10.8 Å². The van der Waals surface area contributed by atoms with Crippen molar-refractivity contribution in [3.63, 3.8) is 0 Å². The summed E-state index contributed by atoms with van der Waals surface area (Å²) >= 11 is 2.78. The normalized spacial score (nSPS) is 18.2. The van der Waals surface area contributed by atoms with Gasteiger partial charge in [0.2, 0.25) is 0 Å². The number of halogens is 1. The summed E-state index contributed by atoms with van der Waals surface area (Å²) in [6.07, 6.45) is 0. The summed E-state index contributed by atoms with van der Waals surface area (Å²) in [5.41, 5.74) is 5.86. The standard InChI is InChI=1S/C17H16FN3O3S2/c18-12-4-2-1-3-10(12)15(23)20-16-11(14(19)22)5-13(25-16)26-21-6-17(7-21)8-24-9-17/h1-5H,6-9H2,(H2,19,22)(H,20,23). The van der Waals surface area contributed by atoms with E-state index < -0.39 is 17.6 Å². The van der Waals surface area contributed by atoms with Crippen LogP contribution >= 0.6 is 23.3 Å². The van der Waals surface area contributed by atoms with Crippen molar-refractivity contribution in [1.82, 2.24) is 4.31 Å². The van der Waals surface area contributed by atoms with Gasteiger partial charge in [0.05, 0.1) is 28.5 Å². The first-order chi connectivity index (χ1) is 12.5. The highest BCUT2D eigenvalue weighted by Crippen LogP contribution is 2.45. The highest BCUT2D eigenvalue weighted by atomic mass is 32.2. The Balaban J connectivity index is 1.48. The van der Waals surface area contributed by atoms with E-state index in [9.17, 15) is 14.0 Å². The predicted octanol–water partition coefficient (Wildman–Crippen LogP) is 2.58. The number of carbonyl (C=O) groups is 2. The molecule has 4 rings (SSSR count). The Kier molecular flexibility index (Phi) is 4.47. The number of primary amides is 1. The number of anilines is 1. The average molecular weight is 393 g/mol. The fourth-order valence-electron chi connectivity index (χ4n) is 2.97. The van der Waals surface area contributed by atoms with Crippen LogP contribution in [0.1, 0.15) is 20.7 Å². The van der Waals surface area contributed by atoms with Crippen molar-refractivity contribution < 1.29 is 18.7 Å². The maximum atomic E-state index is 13.8. The number of benzene rings is 1. The first kappa shape index (κ1) is 17.5. The van der Waals surface area contributed by atoms with Gasteiger partial charge in [-0.15, -0.1) is 11.3 Å². The monoisotopic (exact) mass is 393 g/mol. The molecule has 136 valence electrons. The highest BCUT2D eigenvalue weighted by molar-refractivity contribution is 7.99. The van der Waals surface area contributed by atoms with Gasteiger partial charge in [-0.05, 0) is 30.1 Å². The van der Waals surface area contributed by atoms with Crippen LogP contribution in [0.4, 0.5) is 9.39 Å². The highest BCUT2D eigenvalue weighted by Gasteiger charge is 2.49. The summed E-state index contributed by atoms with van der Waals surface area (Å²) in [5, 5.41) is 2.93. The summed E-state index contributed by atoms with van der Waals surface area (Å²) in [6.45, 7) is 3.45. The number of rotatable bonds is 5. The fourth-order valence-corrected chi connectivity index (χ4v) is 5.58. The number of hydrogen-bond donors (Lipinski definition) is 2. The molecule has 0 saturated carbocycles. The number of nitrogens with one attached hydrogen (secondary N) is 1. The van der Waals surface area contributed by atoms with Gasteiger partial charge in [0.15, 0.2) is 0 Å². The summed E-state index contributed by atoms with van der Waals surface area (Å²) < 4.78 is 22.1. The fraction of sp³-hybridized carbons (Fsp3) is 0.294. The molecule has 2 aliphatic heterocycles. The van der Waals surface area contributed by atoms with Gasteiger partial charge in [-0.25, -0.2) is 8.70 Å². The third kappa shape index (κ3) is 3.23. The van der Waals surface area contributed by atoms with Crippen LogP contribution in [0.25, 0.3) is 0 Å². The zero-order valence-electron chi connectivity index (χ0n) is 13.7. The van der Waals surface area contributed by atoms with Crippen LogP contribution in [0.2, 0.25) is 0 Å². The molecule has 2 fully saturated rings. The molecule has 2 aromatic rings. The van der Waals surface area contributed by atoms with Crippen LogP contribution in [-0.2, 0) is 4.74 Å². The largest absolute Gasteiger partial charge is 0.380 e. The van der Waals surface area contributed by atoms with E-state index in [-0.39, 0.29) is 11.1 Å². The Hall–Kier alpha value is -1.94. The van der Waals surface area contributed by atoms with Crippen molar-refractivity contribution in [3.05, 3.63) is 47.3 Å². The molecule has 26 heavy (non-hydrogen) atoms. The number of thiophene rings is 1. The molecule has 0 radical (unpaired) electrons. The van der Waals surface area contributed by atoms with Crippen molar-refractivity contribution in [2.45, 2.75) is 4.21 Å². The average Bonchev–Trinajstić information content (AvgIpc) is 2.91. The Labute approximate surface area is 157 Å². The van der Waals surface area contributed by atoms with E-state index in [1.165, 1.54) is 41.5 Å². The quantitative estimate of drug-likeness (QED) is 0.763. The van der Waals surface area contributed by atoms with Crippen molar-refractivity contribution in [2.24, 2.45) is 11.1 Å². The molecule has 9 heteroatoms. The van der Waals surface area contributed by atoms with Crippen LogP contribution < -0.4 is 11.1 Å². The van der Waals surface area contributed by atoms with Gasteiger partial charge in [-0.2, -0.15) is 0 Å². The third-order valence-corrected chi connectivity index (χ3v) is 6.51. The minimum absolute atomic E-state index is 0.0832. The summed E-state index contributed by atoms with van der Waals surface area (Å²) in [7, 11) is 0. The molecular formula is C17H16FN3O3S2. The van der Waals surface area contributed by atoms with Crippen molar-refractivity contribution in [3.8, 4) is 0 Å². The lowest BCUT2D eigenvalue weighted by molar-refractivity contribution is -0.164. The van der Waals surface area contributed by atoms with E-state index >= 15 is 0 Å². The Morgan fingerprint density at radius 3 is 2.62 bits per heavy atom. The summed E-state index contributed by atoms with van der Waals surface area (Å²) in [6, 6.07) is 7.35. The summed E-state index contributed by atoms with van der Waals surface area (Å²) in [5.74, 6) is -1.87. The number of carbonyl (C=O) groups excluding carboxylic acids is 2. The molecule has 2 amide bonds. The zero-order valence-corrected chi connectivity index (χ0v) is 15.3. The predicted molar refractivity (Wildman–Crippen MR) is 97.9 cm³/mol. The third-order valence-electron chi connectivity index (χ3n) is 4.38. The first-order valence-electron chi connectivity index (χ1n) is 7.96. The first-order valence-corrected chi connectivity index (χ1v) is 9.55. The van der Waals surface area contributed by atoms with Gasteiger partial charge in [0, 0.05) is 18.5 Å². The summed E-state index contributed by atoms with van der Waals surface area (Å²) in [4.78, 5) is 24.0. The molecule has 2 aliphatic rings. The maximum absolute atomic E-state index is 13.8. The van der Waals surface area contributed by atoms with Crippen LogP contribution in [0.5, 0.6) is 0 Å². The van der Waals surface area contributed by atoms with Crippen LogP contribution in [0.15, 0.2) is 34.5 Å². The van der Waals surface area contributed by atoms with Crippen molar-refractivity contribution in [2.75, 3.05) is 31.6 Å². The molecule has 3 heterocycles. The molecule has 0 unspecified atom stereocenters. The molecule has 1 spiro atoms. The number of hydrogen-bond acceptors (Lipinski definition) is 6. The number of nitrogens with two attached hydrogens (primary N) is 1. The Morgan fingerprint density at radius 2 is 2.00 bits per heavy atom. The van der Waals surface area contributed by atoms with Crippen molar-refractivity contribution in [1.29, 1.82) is 0 Å². The SMILES string of the molecule is NC(=O)c1cc(SN2CC3(COC3)C2)sc1NC(=O)c1ccccc1F. The molecule has 1 aromatic heterocycles. The van der Waals surface area contributed by atoms with E-state index in [1.54, 1.807) is 12.1 Å². The van der Waals surface area contributed by atoms with Gasteiger partial charge in [0.25, 0.3) is 11.8 Å². The smallest absolute Gasteiger partial charge is 0.259 e. The molecule has 2 saturated heterocycles. The Bertz CT molecular complexity index is 874.